The highest BCUT2D eigenvalue weighted by Gasteiger charge is 2.57. The Morgan fingerprint density at radius 2 is 2.00 bits per heavy atom. The maximum absolute atomic E-state index is 12.9. The number of aliphatic hydroxyl groups excluding tert-OH is 1. The van der Waals surface area contributed by atoms with Gasteiger partial charge in [-0.05, 0) is 50.2 Å². The van der Waals surface area contributed by atoms with E-state index in [0.717, 1.165) is 38.8 Å². The Hall–Kier alpha value is -1.39. The van der Waals surface area contributed by atoms with E-state index in [1.54, 1.807) is 0 Å². The van der Waals surface area contributed by atoms with E-state index in [9.17, 15) is 9.90 Å². The van der Waals surface area contributed by atoms with Crippen LogP contribution in [0.15, 0.2) is 24.3 Å². The maximum atomic E-state index is 12.9. The second-order valence-electron chi connectivity index (χ2n) is 8.06. The van der Waals surface area contributed by atoms with Crippen molar-refractivity contribution in [2.24, 2.45) is 11.3 Å². The largest absolute Gasteiger partial charge is 0.392 e. The molecule has 2 aliphatic carbocycles. The van der Waals surface area contributed by atoms with Gasteiger partial charge in [0, 0.05) is 37.5 Å². The Balaban J connectivity index is 1.36. The summed E-state index contributed by atoms with van der Waals surface area (Å²) < 4.78 is 5.82. The molecule has 1 aromatic rings. The monoisotopic (exact) mass is 343 g/mol. The number of benzene rings is 1. The van der Waals surface area contributed by atoms with Gasteiger partial charge >= 0.3 is 0 Å². The van der Waals surface area contributed by atoms with Crippen LogP contribution in [0, 0.1) is 18.3 Å². The first-order valence-electron chi connectivity index (χ1n) is 9.71. The number of carbonyl (C=O) groups is 1. The zero-order valence-electron chi connectivity index (χ0n) is 15.3. The zero-order valence-corrected chi connectivity index (χ0v) is 15.3. The molecule has 1 aromatic carbocycles. The van der Waals surface area contributed by atoms with Crippen LogP contribution in [-0.2, 0) is 9.53 Å². The molecule has 1 aliphatic heterocycles. The van der Waals surface area contributed by atoms with Crippen LogP contribution in [0.2, 0.25) is 0 Å². The lowest BCUT2D eigenvalue weighted by Crippen LogP contribution is -2.62. The van der Waals surface area contributed by atoms with Crippen molar-refractivity contribution < 1.29 is 14.6 Å². The summed E-state index contributed by atoms with van der Waals surface area (Å²) in [5, 5.41) is 10.3. The van der Waals surface area contributed by atoms with Gasteiger partial charge in [-0.15, -0.1) is 0 Å². The Morgan fingerprint density at radius 1 is 1.28 bits per heavy atom. The molecule has 4 atom stereocenters. The number of piperidine rings is 1. The summed E-state index contributed by atoms with van der Waals surface area (Å²) in [7, 11) is 0. The molecule has 4 heteroatoms. The lowest BCUT2D eigenvalue weighted by atomic mass is 9.58. The van der Waals surface area contributed by atoms with Crippen molar-refractivity contribution in [3.8, 4) is 0 Å². The van der Waals surface area contributed by atoms with Gasteiger partial charge in [0.2, 0.25) is 5.91 Å². The average Bonchev–Trinajstić information content (AvgIpc) is 3.42. The Labute approximate surface area is 150 Å². The van der Waals surface area contributed by atoms with Gasteiger partial charge in [-0.2, -0.15) is 0 Å². The molecule has 4 rings (SSSR count). The second kappa shape index (κ2) is 6.40. The third kappa shape index (κ3) is 2.80. The molecule has 3 fully saturated rings. The minimum Gasteiger partial charge on any atom is -0.392 e. The van der Waals surface area contributed by atoms with Crippen molar-refractivity contribution in [1.29, 1.82) is 0 Å². The van der Waals surface area contributed by atoms with Crippen molar-refractivity contribution in [3.63, 3.8) is 0 Å². The van der Waals surface area contributed by atoms with Crippen LogP contribution < -0.4 is 0 Å². The lowest BCUT2D eigenvalue weighted by molar-refractivity contribution is -0.210. The van der Waals surface area contributed by atoms with E-state index in [0.29, 0.717) is 18.4 Å². The van der Waals surface area contributed by atoms with Gasteiger partial charge in [0.25, 0.3) is 0 Å². The molecule has 0 aromatic heterocycles. The number of rotatable bonds is 4. The quantitative estimate of drug-likeness (QED) is 0.914. The van der Waals surface area contributed by atoms with Crippen LogP contribution in [0.5, 0.6) is 0 Å². The van der Waals surface area contributed by atoms with Crippen molar-refractivity contribution in [2.75, 3.05) is 19.7 Å². The molecule has 1 spiro atoms. The van der Waals surface area contributed by atoms with Crippen LogP contribution in [0.25, 0.3) is 0 Å². The highest BCUT2D eigenvalue weighted by Crippen LogP contribution is 2.53. The SMILES string of the molecule is CCO[C@@H]1C[C@H](O)C12CCN(C(=O)[C@@H]1C[C@H]1c1ccccc1C)CC2. The fourth-order valence-corrected chi connectivity index (χ4v) is 5.01. The van der Waals surface area contributed by atoms with E-state index < -0.39 is 0 Å². The first-order chi connectivity index (χ1) is 12.1. The summed E-state index contributed by atoms with van der Waals surface area (Å²) in [5.74, 6) is 0.865. The number of hydrogen-bond acceptors (Lipinski definition) is 3. The van der Waals surface area contributed by atoms with Gasteiger partial charge in [0.1, 0.15) is 0 Å². The molecule has 25 heavy (non-hydrogen) atoms. The van der Waals surface area contributed by atoms with Gasteiger partial charge in [0.15, 0.2) is 0 Å². The third-order valence-electron chi connectivity index (χ3n) is 6.81. The molecule has 0 unspecified atom stereocenters. The number of amides is 1. The first kappa shape index (κ1) is 17.0. The normalized spacial score (nSPS) is 33.2. The minimum atomic E-state index is -0.262. The highest BCUT2D eigenvalue weighted by molar-refractivity contribution is 5.83. The second-order valence-corrected chi connectivity index (χ2v) is 8.06. The van der Waals surface area contributed by atoms with E-state index in [1.807, 2.05) is 11.8 Å². The summed E-state index contributed by atoms with van der Waals surface area (Å²) in [6.45, 7) is 6.36. The van der Waals surface area contributed by atoms with E-state index >= 15 is 0 Å². The van der Waals surface area contributed by atoms with Gasteiger partial charge < -0.3 is 14.7 Å². The predicted octanol–water partition coefficient (Wildman–Crippen LogP) is 2.88. The molecular weight excluding hydrogens is 314 g/mol. The third-order valence-corrected chi connectivity index (χ3v) is 6.81. The molecule has 1 N–H and O–H groups in total. The molecule has 0 radical (unpaired) electrons. The van der Waals surface area contributed by atoms with Gasteiger partial charge in [-0.3, -0.25) is 4.79 Å². The summed E-state index contributed by atoms with van der Waals surface area (Å²) in [4.78, 5) is 14.9. The van der Waals surface area contributed by atoms with Crippen LogP contribution in [0.1, 0.15) is 49.7 Å². The van der Waals surface area contributed by atoms with Crippen molar-refractivity contribution in [1.82, 2.24) is 4.90 Å². The number of hydrogen-bond donors (Lipinski definition) is 1. The highest BCUT2D eigenvalue weighted by atomic mass is 16.5. The molecule has 0 bridgehead atoms. The fourth-order valence-electron chi connectivity index (χ4n) is 5.01. The zero-order chi connectivity index (χ0) is 17.6. The molecule has 2 saturated carbocycles. The summed E-state index contributed by atoms with van der Waals surface area (Å²) >= 11 is 0. The van der Waals surface area contributed by atoms with Crippen LogP contribution in [0.3, 0.4) is 0 Å². The smallest absolute Gasteiger partial charge is 0.226 e. The predicted molar refractivity (Wildman–Crippen MR) is 96.3 cm³/mol. The van der Waals surface area contributed by atoms with Gasteiger partial charge in [-0.25, -0.2) is 0 Å². The van der Waals surface area contributed by atoms with Crippen LogP contribution in [-0.4, -0.2) is 47.8 Å². The molecule has 4 nitrogen and oxygen atoms in total. The Morgan fingerprint density at radius 3 is 2.64 bits per heavy atom. The summed E-state index contributed by atoms with van der Waals surface area (Å²) in [6, 6.07) is 8.42. The van der Waals surface area contributed by atoms with E-state index in [4.69, 9.17) is 4.74 Å². The Bertz CT molecular complexity index is 648. The maximum Gasteiger partial charge on any atom is 0.226 e. The fraction of sp³-hybridized carbons (Fsp3) is 0.667. The van der Waals surface area contributed by atoms with Crippen molar-refractivity contribution >= 4 is 5.91 Å². The van der Waals surface area contributed by atoms with E-state index in [2.05, 4.69) is 31.2 Å². The number of aliphatic hydroxyl groups is 1. The molecule has 136 valence electrons. The number of nitrogens with zero attached hydrogens (tertiary/aromatic N) is 1. The number of carbonyl (C=O) groups excluding carboxylic acids is 1. The van der Waals surface area contributed by atoms with Crippen molar-refractivity contribution in [2.45, 2.75) is 57.7 Å². The van der Waals surface area contributed by atoms with Gasteiger partial charge in [-0.1, -0.05) is 24.3 Å². The Kier molecular flexibility index (Phi) is 4.37. The molecule has 3 aliphatic rings. The molecule has 1 amide bonds. The topological polar surface area (TPSA) is 49.8 Å². The molecular formula is C21H29NO3. The standard InChI is InChI=1S/C21H29NO3/c1-3-25-19-13-18(23)21(19)8-10-22(11-9-21)20(24)17-12-16(17)15-7-5-4-6-14(15)2/h4-7,16-19,23H,3,8-13H2,1-2H3/t16-,17+,18-,19+/m0/s1. The van der Waals surface area contributed by atoms with Gasteiger partial charge in [0.05, 0.1) is 12.2 Å². The van der Waals surface area contributed by atoms with Crippen molar-refractivity contribution in [3.05, 3.63) is 35.4 Å². The number of aryl methyl sites for hydroxylation is 1. The van der Waals surface area contributed by atoms with Crippen LogP contribution >= 0.6 is 0 Å². The summed E-state index contributed by atoms with van der Waals surface area (Å²) in [6.07, 6.45) is 3.38. The number of ether oxygens (including phenoxy) is 1. The molecule has 1 saturated heterocycles. The number of likely N-dealkylation sites (tertiary alicyclic amines) is 1. The lowest BCUT2D eigenvalue weighted by Gasteiger charge is -2.56. The molecule has 1 heterocycles. The average molecular weight is 343 g/mol. The van der Waals surface area contributed by atoms with E-state index in [-0.39, 0.29) is 23.5 Å². The minimum absolute atomic E-state index is 0.105. The first-order valence-corrected chi connectivity index (χ1v) is 9.71. The van der Waals surface area contributed by atoms with Crippen LogP contribution in [0.4, 0.5) is 0 Å². The summed E-state index contributed by atoms with van der Waals surface area (Å²) in [5.41, 5.74) is 2.52. The van der Waals surface area contributed by atoms with E-state index in [1.165, 1.54) is 11.1 Å².